The molecule has 2 heteroatoms. The summed E-state index contributed by atoms with van der Waals surface area (Å²) in [4.78, 5) is 1.32. The predicted molar refractivity (Wildman–Crippen MR) is 118 cm³/mol. The molecule has 0 bridgehead atoms. The first kappa shape index (κ1) is 16.1. The van der Waals surface area contributed by atoms with Gasteiger partial charge in [-0.1, -0.05) is 30.3 Å². The summed E-state index contributed by atoms with van der Waals surface area (Å²) in [5.74, 6) is 0.630. The molecule has 0 spiro atoms. The van der Waals surface area contributed by atoms with Gasteiger partial charge in [-0.15, -0.1) is 11.3 Å². The highest BCUT2D eigenvalue weighted by Crippen LogP contribution is 2.38. The van der Waals surface area contributed by atoms with Crippen LogP contribution in [0.5, 0.6) is 0 Å². The SMILES string of the molecule is c1ccc2c(c1)CCC(c1ccc3sc(-c4ccc5occc5c4)cc3c1)C2. The summed E-state index contributed by atoms with van der Waals surface area (Å²) in [6.07, 6.45) is 5.36. The molecule has 5 aromatic rings. The molecule has 1 aliphatic rings. The molecule has 0 saturated carbocycles. The summed E-state index contributed by atoms with van der Waals surface area (Å²) in [5.41, 5.74) is 6.76. The van der Waals surface area contributed by atoms with Gasteiger partial charge in [0.1, 0.15) is 5.58 Å². The van der Waals surface area contributed by atoms with Gasteiger partial charge >= 0.3 is 0 Å². The normalized spacial score (nSPS) is 16.5. The average Bonchev–Trinajstić information content (AvgIpc) is 3.39. The van der Waals surface area contributed by atoms with Gasteiger partial charge in [0.25, 0.3) is 0 Å². The summed E-state index contributed by atoms with van der Waals surface area (Å²) >= 11 is 1.87. The van der Waals surface area contributed by atoms with Crippen molar-refractivity contribution in [1.29, 1.82) is 0 Å². The highest BCUT2D eigenvalue weighted by atomic mass is 32.1. The maximum atomic E-state index is 5.48. The monoisotopic (exact) mass is 380 g/mol. The smallest absolute Gasteiger partial charge is 0.133 e. The van der Waals surface area contributed by atoms with Gasteiger partial charge in [0, 0.05) is 15.0 Å². The summed E-state index contributed by atoms with van der Waals surface area (Å²) in [5, 5.41) is 2.53. The van der Waals surface area contributed by atoms with E-state index in [0.29, 0.717) is 5.92 Å². The second kappa shape index (κ2) is 6.35. The van der Waals surface area contributed by atoms with E-state index >= 15 is 0 Å². The van der Waals surface area contributed by atoms with Gasteiger partial charge < -0.3 is 4.42 Å². The number of rotatable bonds is 2. The van der Waals surface area contributed by atoms with E-state index in [2.05, 4.69) is 66.7 Å². The first-order valence-electron chi connectivity index (χ1n) is 9.91. The minimum Gasteiger partial charge on any atom is -0.464 e. The van der Waals surface area contributed by atoms with E-state index in [-0.39, 0.29) is 0 Å². The van der Waals surface area contributed by atoms with Crippen LogP contribution in [0.1, 0.15) is 29.0 Å². The lowest BCUT2D eigenvalue weighted by molar-refractivity contribution is 0.585. The van der Waals surface area contributed by atoms with Crippen LogP contribution in [0.3, 0.4) is 0 Å². The molecule has 1 aliphatic carbocycles. The van der Waals surface area contributed by atoms with E-state index in [1.165, 1.54) is 50.1 Å². The van der Waals surface area contributed by atoms with E-state index in [4.69, 9.17) is 4.42 Å². The highest BCUT2D eigenvalue weighted by Gasteiger charge is 2.20. The fraction of sp³-hybridized carbons (Fsp3) is 0.154. The minimum absolute atomic E-state index is 0.630. The lowest BCUT2D eigenvalue weighted by Crippen LogP contribution is -2.12. The summed E-state index contributed by atoms with van der Waals surface area (Å²) in [6, 6.07) is 26.8. The number of furan rings is 1. The van der Waals surface area contributed by atoms with Crippen LogP contribution in [-0.2, 0) is 12.8 Å². The van der Waals surface area contributed by atoms with Crippen molar-refractivity contribution >= 4 is 32.4 Å². The van der Waals surface area contributed by atoms with Gasteiger partial charge in [0.05, 0.1) is 6.26 Å². The molecule has 0 saturated heterocycles. The van der Waals surface area contributed by atoms with Crippen LogP contribution in [0.2, 0.25) is 0 Å². The third-order valence-corrected chi connectivity index (χ3v) is 7.26. The summed E-state index contributed by atoms with van der Waals surface area (Å²) < 4.78 is 6.84. The molecule has 2 heterocycles. The fourth-order valence-corrected chi connectivity index (χ4v) is 5.60. The molecule has 0 amide bonds. The first-order valence-corrected chi connectivity index (χ1v) is 10.7. The quantitative estimate of drug-likeness (QED) is 0.307. The van der Waals surface area contributed by atoms with E-state index in [0.717, 1.165) is 17.4 Å². The van der Waals surface area contributed by atoms with Crippen molar-refractivity contribution in [2.24, 2.45) is 0 Å². The Kier molecular flexibility index (Phi) is 3.66. The molecule has 0 radical (unpaired) electrons. The second-order valence-corrected chi connectivity index (χ2v) is 8.87. The van der Waals surface area contributed by atoms with Gasteiger partial charge in [-0.3, -0.25) is 0 Å². The Morgan fingerprint density at radius 3 is 2.71 bits per heavy atom. The van der Waals surface area contributed by atoms with Crippen molar-refractivity contribution in [3.63, 3.8) is 0 Å². The standard InChI is InChI=1S/C26H20OS/c1-2-4-18-13-19(6-5-17(18)3-1)20-8-10-25-23(14-20)16-26(28-25)22-7-9-24-21(15-22)11-12-27-24/h1-4,7-12,14-16,19H,5-6,13H2. The Labute approximate surface area is 168 Å². The van der Waals surface area contributed by atoms with Gasteiger partial charge in [0.2, 0.25) is 0 Å². The molecule has 1 nitrogen and oxygen atoms in total. The highest BCUT2D eigenvalue weighted by molar-refractivity contribution is 7.22. The third kappa shape index (κ3) is 2.68. The van der Waals surface area contributed by atoms with Gasteiger partial charge in [-0.05, 0) is 95.3 Å². The van der Waals surface area contributed by atoms with E-state index in [1.54, 1.807) is 6.26 Å². The van der Waals surface area contributed by atoms with Crippen molar-refractivity contribution in [2.75, 3.05) is 0 Å². The number of aryl methyl sites for hydroxylation is 1. The zero-order valence-electron chi connectivity index (χ0n) is 15.5. The molecule has 0 N–H and O–H groups in total. The van der Waals surface area contributed by atoms with Crippen molar-refractivity contribution in [3.8, 4) is 10.4 Å². The van der Waals surface area contributed by atoms with E-state index < -0.39 is 0 Å². The average molecular weight is 381 g/mol. The molecule has 3 aromatic carbocycles. The van der Waals surface area contributed by atoms with Crippen molar-refractivity contribution < 1.29 is 4.42 Å². The zero-order chi connectivity index (χ0) is 18.5. The molecule has 1 atom stereocenters. The maximum absolute atomic E-state index is 5.48. The number of thiophene rings is 1. The van der Waals surface area contributed by atoms with Crippen LogP contribution in [0.25, 0.3) is 31.5 Å². The summed E-state index contributed by atoms with van der Waals surface area (Å²) in [6.45, 7) is 0. The topological polar surface area (TPSA) is 13.1 Å². The Morgan fingerprint density at radius 2 is 1.75 bits per heavy atom. The van der Waals surface area contributed by atoms with E-state index in [1.807, 2.05) is 17.4 Å². The second-order valence-electron chi connectivity index (χ2n) is 7.79. The largest absolute Gasteiger partial charge is 0.464 e. The van der Waals surface area contributed by atoms with Crippen LogP contribution in [0.15, 0.2) is 83.5 Å². The molecule has 1 unspecified atom stereocenters. The van der Waals surface area contributed by atoms with Crippen LogP contribution in [-0.4, -0.2) is 0 Å². The fourth-order valence-electron chi connectivity index (χ4n) is 4.56. The van der Waals surface area contributed by atoms with Gasteiger partial charge in [-0.2, -0.15) is 0 Å². The maximum Gasteiger partial charge on any atom is 0.133 e. The molecule has 0 aliphatic heterocycles. The van der Waals surface area contributed by atoms with Crippen LogP contribution in [0, 0.1) is 0 Å². The molecule has 136 valence electrons. The zero-order valence-corrected chi connectivity index (χ0v) is 16.3. The number of benzene rings is 3. The minimum atomic E-state index is 0.630. The van der Waals surface area contributed by atoms with E-state index in [9.17, 15) is 0 Å². The lowest BCUT2D eigenvalue weighted by atomic mass is 9.80. The lowest BCUT2D eigenvalue weighted by Gasteiger charge is -2.25. The molecule has 2 aromatic heterocycles. The Bertz CT molecular complexity index is 1310. The van der Waals surface area contributed by atoms with Gasteiger partial charge in [0.15, 0.2) is 0 Å². The molecule has 0 fully saturated rings. The Hall–Kier alpha value is -2.84. The third-order valence-electron chi connectivity index (χ3n) is 6.10. The Morgan fingerprint density at radius 1 is 0.821 bits per heavy atom. The number of fused-ring (bicyclic) bond motifs is 3. The van der Waals surface area contributed by atoms with Crippen molar-refractivity contribution in [3.05, 3.63) is 95.7 Å². The van der Waals surface area contributed by atoms with Crippen molar-refractivity contribution in [2.45, 2.75) is 25.2 Å². The molecular formula is C26H20OS. The van der Waals surface area contributed by atoms with Crippen LogP contribution >= 0.6 is 11.3 Å². The van der Waals surface area contributed by atoms with Crippen molar-refractivity contribution in [1.82, 2.24) is 0 Å². The molecular weight excluding hydrogens is 360 g/mol. The number of hydrogen-bond donors (Lipinski definition) is 0. The predicted octanol–water partition coefficient (Wildman–Crippen LogP) is 7.59. The van der Waals surface area contributed by atoms with Gasteiger partial charge in [-0.25, -0.2) is 0 Å². The van der Waals surface area contributed by atoms with Crippen LogP contribution in [0.4, 0.5) is 0 Å². The Balaban J connectivity index is 1.36. The molecule has 28 heavy (non-hydrogen) atoms. The number of hydrogen-bond acceptors (Lipinski definition) is 2. The summed E-state index contributed by atoms with van der Waals surface area (Å²) in [7, 11) is 0. The molecule has 6 rings (SSSR count). The first-order chi connectivity index (χ1) is 13.8. The van der Waals surface area contributed by atoms with Crippen LogP contribution < -0.4 is 0 Å².